The summed E-state index contributed by atoms with van der Waals surface area (Å²) >= 11 is 0. The van der Waals surface area contributed by atoms with Crippen molar-refractivity contribution >= 4 is 18.1 Å². The molecular formula is C14H22N8O3. The summed E-state index contributed by atoms with van der Waals surface area (Å²) in [5.41, 5.74) is 9.17. The number of rotatable bonds is 6. The maximum atomic E-state index is 12.5. The normalized spacial score (nSPS) is 22.7. The largest absolute Gasteiger partial charge is 0.395 e. The molecular weight excluding hydrogens is 328 g/mol. The molecule has 136 valence electrons. The number of amides is 2. The molecule has 1 fully saturated rings. The van der Waals surface area contributed by atoms with Crippen molar-refractivity contribution in [1.82, 2.24) is 25.1 Å². The van der Waals surface area contributed by atoms with Gasteiger partial charge in [-0.25, -0.2) is 4.79 Å². The first-order valence-electron chi connectivity index (χ1n) is 7.93. The Morgan fingerprint density at radius 1 is 1.64 bits per heavy atom. The van der Waals surface area contributed by atoms with Gasteiger partial charge in [0.15, 0.2) is 0 Å². The quantitative estimate of drug-likeness (QED) is 0.269. The van der Waals surface area contributed by atoms with Gasteiger partial charge < -0.3 is 20.4 Å². The number of carbonyl (C=O) groups is 1. The number of nitrogens with one attached hydrogen (secondary N) is 1. The summed E-state index contributed by atoms with van der Waals surface area (Å²) in [4.78, 5) is 24.9. The Labute approximate surface area is 144 Å². The standard InChI is InChI=1S/C14H22N8O3/c1-16-13(19-24)12-11-9(10-8-21(12)14(23)20(10)2)7-17-22(11)5-4-18-25-6-3-15/h4,7,10,12,24H,3,5-6,8,15H2,1-2H3,(H,16,19)/b18-4+/t10-,12-/m0/s1. The number of hydrogen-bond acceptors (Lipinski definition) is 7. The molecule has 1 aromatic heterocycles. The predicted molar refractivity (Wildman–Crippen MR) is 89.4 cm³/mol. The van der Waals surface area contributed by atoms with Crippen LogP contribution >= 0.6 is 0 Å². The second kappa shape index (κ2) is 7.07. The Morgan fingerprint density at radius 2 is 2.44 bits per heavy atom. The molecule has 0 spiro atoms. The lowest BCUT2D eigenvalue weighted by Gasteiger charge is -2.31. The van der Waals surface area contributed by atoms with Gasteiger partial charge in [-0.1, -0.05) is 5.16 Å². The third kappa shape index (κ3) is 2.81. The van der Waals surface area contributed by atoms with Crippen LogP contribution < -0.4 is 11.2 Å². The highest BCUT2D eigenvalue weighted by molar-refractivity contribution is 5.93. The van der Waals surface area contributed by atoms with Gasteiger partial charge >= 0.3 is 6.03 Å². The lowest BCUT2D eigenvalue weighted by atomic mass is 9.97. The van der Waals surface area contributed by atoms with Crippen LogP contribution in [-0.2, 0) is 11.4 Å². The number of hydroxylamine groups is 1. The fourth-order valence-electron chi connectivity index (χ4n) is 3.28. The molecule has 0 radical (unpaired) electrons. The van der Waals surface area contributed by atoms with E-state index in [4.69, 9.17) is 10.6 Å². The molecule has 4 N–H and O–H groups in total. The van der Waals surface area contributed by atoms with Crippen molar-refractivity contribution in [2.24, 2.45) is 15.9 Å². The van der Waals surface area contributed by atoms with Crippen LogP contribution in [0.25, 0.3) is 0 Å². The number of aromatic nitrogens is 2. The summed E-state index contributed by atoms with van der Waals surface area (Å²) in [6, 6.07) is -0.733. The first-order chi connectivity index (χ1) is 12.1. The number of hydrogen-bond donors (Lipinski definition) is 3. The van der Waals surface area contributed by atoms with Crippen molar-refractivity contribution in [2.45, 2.75) is 18.6 Å². The van der Waals surface area contributed by atoms with Crippen molar-refractivity contribution in [3.63, 3.8) is 0 Å². The summed E-state index contributed by atoms with van der Waals surface area (Å²) in [6.07, 6.45) is 3.32. The molecule has 1 aromatic rings. The molecule has 3 heterocycles. The number of nitrogens with two attached hydrogens (primary N) is 1. The number of urea groups is 1. The lowest BCUT2D eigenvalue weighted by molar-refractivity contribution is 0.153. The van der Waals surface area contributed by atoms with E-state index in [1.54, 1.807) is 41.0 Å². The molecule has 3 rings (SSSR count). The summed E-state index contributed by atoms with van der Waals surface area (Å²) in [7, 11) is 3.31. The van der Waals surface area contributed by atoms with Crippen LogP contribution in [0.3, 0.4) is 0 Å². The van der Waals surface area contributed by atoms with Crippen LogP contribution in [-0.4, -0.2) is 76.7 Å². The number of amidine groups is 1. The van der Waals surface area contributed by atoms with Crippen molar-refractivity contribution in [1.29, 1.82) is 0 Å². The molecule has 2 atom stereocenters. The molecule has 2 aliphatic rings. The number of fused-ring (bicyclic) bond motifs is 4. The monoisotopic (exact) mass is 350 g/mol. The van der Waals surface area contributed by atoms with Crippen molar-refractivity contribution < 1.29 is 14.8 Å². The van der Waals surface area contributed by atoms with E-state index < -0.39 is 6.04 Å². The van der Waals surface area contributed by atoms with E-state index in [9.17, 15) is 10.0 Å². The second-order valence-corrected chi connectivity index (χ2v) is 5.76. The van der Waals surface area contributed by atoms with Crippen molar-refractivity contribution in [2.75, 3.05) is 33.8 Å². The first kappa shape index (κ1) is 17.2. The SMILES string of the molecule is CN=C(NO)[C@@H]1c2c(cnn2C/C=N/OCCN)[C@@H]2CN1C(=O)N2C. The van der Waals surface area contributed by atoms with Crippen LogP contribution in [0.5, 0.6) is 0 Å². The highest BCUT2D eigenvalue weighted by Crippen LogP contribution is 2.43. The Bertz CT molecular complexity index is 700. The van der Waals surface area contributed by atoms with Crippen LogP contribution in [0, 0.1) is 0 Å². The van der Waals surface area contributed by atoms with E-state index in [0.717, 1.165) is 11.3 Å². The third-order valence-electron chi connectivity index (χ3n) is 4.45. The summed E-state index contributed by atoms with van der Waals surface area (Å²) in [5, 5.41) is 17.7. The van der Waals surface area contributed by atoms with Gasteiger partial charge in [0.1, 0.15) is 18.5 Å². The van der Waals surface area contributed by atoms with Crippen molar-refractivity contribution in [3.05, 3.63) is 17.5 Å². The maximum absolute atomic E-state index is 12.5. The minimum Gasteiger partial charge on any atom is -0.395 e. The Kier molecular flexibility index (Phi) is 4.86. The minimum absolute atomic E-state index is 0.0743. The Balaban J connectivity index is 1.95. The lowest BCUT2D eigenvalue weighted by Crippen LogP contribution is -2.43. The minimum atomic E-state index is -0.542. The molecule has 11 nitrogen and oxygen atoms in total. The van der Waals surface area contributed by atoms with Gasteiger partial charge in [-0.3, -0.25) is 20.4 Å². The molecule has 0 saturated carbocycles. The van der Waals surface area contributed by atoms with E-state index in [-0.39, 0.29) is 17.9 Å². The highest BCUT2D eigenvalue weighted by atomic mass is 16.6. The average molecular weight is 350 g/mol. The summed E-state index contributed by atoms with van der Waals surface area (Å²) in [5.74, 6) is 0.279. The zero-order valence-corrected chi connectivity index (χ0v) is 14.2. The van der Waals surface area contributed by atoms with E-state index in [1.807, 2.05) is 0 Å². The molecule has 1 saturated heterocycles. The van der Waals surface area contributed by atoms with E-state index in [2.05, 4.69) is 20.7 Å². The average Bonchev–Trinajstić information content (AvgIpc) is 3.14. The zero-order chi connectivity index (χ0) is 18.0. The van der Waals surface area contributed by atoms with Gasteiger partial charge in [0.25, 0.3) is 0 Å². The molecule has 0 unspecified atom stereocenters. The van der Waals surface area contributed by atoms with Gasteiger partial charge in [0.05, 0.1) is 30.7 Å². The first-order valence-corrected chi connectivity index (χ1v) is 7.93. The molecule has 25 heavy (non-hydrogen) atoms. The summed E-state index contributed by atoms with van der Waals surface area (Å²) < 4.78 is 1.73. The molecule has 11 heteroatoms. The topological polar surface area (TPSA) is 134 Å². The van der Waals surface area contributed by atoms with Gasteiger partial charge in [-0.2, -0.15) is 5.10 Å². The predicted octanol–water partition coefficient (Wildman–Crippen LogP) is -0.685. The summed E-state index contributed by atoms with van der Waals surface area (Å²) in [6.45, 7) is 1.61. The Morgan fingerprint density at radius 3 is 3.12 bits per heavy atom. The molecule has 2 bridgehead atoms. The van der Waals surface area contributed by atoms with Gasteiger partial charge in [0, 0.05) is 32.7 Å². The van der Waals surface area contributed by atoms with E-state index >= 15 is 0 Å². The number of oxime groups is 1. The molecule has 0 aliphatic carbocycles. The second-order valence-electron chi connectivity index (χ2n) is 5.76. The Hall–Kier alpha value is -2.66. The fraction of sp³-hybridized carbons (Fsp3) is 0.571. The van der Waals surface area contributed by atoms with E-state index in [1.165, 1.54) is 0 Å². The number of likely N-dealkylation sites (N-methyl/N-ethyl adjacent to an activating group) is 1. The number of carbonyl (C=O) groups excluding carboxylic acids is 1. The van der Waals surface area contributed by atoms with Crippen LogP contribution in [0.15, 0.2) is 16.3 Å². The van der Waals surface area contributed by atoms with Gasteiger partial charge in [0.2, 0.25) is 0 Å². The number of nitrogens with zero attached hydrogens (tertiary/aromatic N) is 6. The van der Waals surface area contributed by atoms with E-state index in [0.29, 0.717) is 26.2 Å². The highest BCUT2D eigenvalue weighted by Gasteiger charge is 2.49. The van der Waals surface area contributed by atoms with Crippen LogP contribution in [0.4, 0.5) is 4.79 Å². The molecule has 2 amide bonds. The molecule has 2 aliphatic heterocycles. The van der Waals surface area contributed by atoms with Crippen LogP contribution in [0.2, 0.25) is 0 Å². The van der Waals surface area contributed by atoms with Crippen molar-refractivity contribution in [3.8, 4) is 0 Å². The zero-order valence-electron chi connectivity index (χ0n) is 14.2. The van der Waals surface area contributed by atoms with Crippen LogP contribution in [0.1, 0.15) is 23.3 Å². The number of aliphatic imine (C=N–C) groups is 1. The molecule has 0 aromatic carbocycles. The smallest absolute Gasteiger partial charge is 0.321 e. The fourth-order valence-corrected chi connectivity index (χ4v) is 3.28. The third-order valence-corrected chi connectivity index (χ3v) is 4.45. The van der Waals surface area contributed by atoms with Gasteiger partial charge in [-0.05, 0) is 0 Å². The van der Waals surface area contributed by atoms with Gasteiger partial charge in [-0.15, -0.1) is 0 Å². The maximum Gasteiger partial charge on any atom is 0.321 e.